The highest BCUT2D eigenvalue weighted by Gasteiger charge is 2.14. The van der Waals surface area contributed by atoms with E-state index in [4.69, 9.17) is 0 Å². The van der Waals surface area contributed by atoms with Gasteiger partial charge in [0.05, 0.1) is 11.1 Å². The van der Waals surface area contributed by atoms with Crippen molar-refractivity contribution in [2.75, 3.05) is 23.3 Å². The summed E-state index contributed by atoms with van der Waals surface area (Å²) < 4.78 is 16.8. The van der Waals surface area contributed by atoms with Gasteiger partial charge in [0.15, 0.2) is 5.65 Å². The minimum atomic E-state index is -0.210. The molecular weight excluding hydrogens is 387 g/mol. The molecule has 3 rings (SSSR count). The third kappa shape index (κ3) is 3.44. The molecule has 2 aromatic heterocycles. The van der Waals surface area contributed by atoms with Crippen molar-refractivity contribution >= 4 is 38.5 Å². The van der Waals surface area contributed by atoms with Gasteiger partial charge in [0.25, 0.3) is 0 Å². The van der Waals surface area contributed by atoms with Crippen LogP contribution in [0, 0.1) is 5.82 Å². The van der Waals surface area contributed by atoms with Crippen molar-refractivity contribution in [1.29, 1.82) is 0 Å². The van der Waals surface area contributed by atoms with E-state index in [0.717, 1.165) is 29.7 Å². The maximum atomic E-state index is 14.4. The van der Waals surface area contributed by atoms with Crippen LogP contribution in [-0.4, -0.2) is 32.8 Å². The molecule has 25 heavy (non-hydrogen) atoms. The number of fused-ring (bicyclic) bond motifs is 1. The fourth-order valence-corrected chi connectivity index (χ4v) is 3.44. The maximum Gasteiger partial charge on any atom is 0.164 e. The molecule has 1 N–H and O–H groups in total. The molecular formula is C17H20BrFN6. The first-order chi connectivity index (χ1) is 12.0. The van der Waals surface area contributed by atoms with Crippen LogP contribution in [0.4, 0.5) is 15.9 Å². The van der Waals surface area contributed by atoms with Crippen molar-refractivity contribution < 1.29 is 4.39 Å². The molecule has 0 atom stereocenters. The predicted molar refractivity (Wildman–Crippen MR) is 101 cm³/mol. The zero-order valence-electron chi connectivity index (χ0n) is 14.4. The summed E-state index contributed by atoms with van der Waals surface area (Å²) in [6.07, 6.45) is 1.49. The number of anilines is 2. The summed E-state index contributed by atoms with van der Waals surface area (Å²) >= 11 is 3.43. The van der Waals surface area contributed by atoms with Crippen LogP contribution >= 0.6 is 15.9 Å². The second-order valence-electron chi connectivity index (χ2n) is 5.65. The lowest BCUT2D eigenvalue weighted by Crippen LogP contribution is -2.23. The number of hydrogen-bond donors (Lipinski definition) is 1. The first-order valence-electron chi connectivity index (χ1n) is 8.15. The molecule has 0 saturated heterocycles. The van der Waals surface area contributed by atoms with Crippen molar-refractivity contribution in [2.24, 2.45) is 7.05 Å². The van der Waals surface area contributed by atoms with E-state index in [1.54, 1.807) is 10.7 Å². The van der Waals surface area contributed by atoms with E-state index in [1.165, 1.54) is 6.33 Å². The molecule has 2 heterocycles. The summed E-state index contributed by atoms with van der Waals surface area (Å²) in [6, 6.07) is 5.33. The summed E-state index contributed by atoms with van der Waals surface area (Å²) in [7, 11) is 1.82. The van der Waals surface area contributed by atoms with Crippen molar-refractivity contribution in [3.8, 4) is 0 Å². The third-order valence-corrected chi connectivity index (χ3v) is 4.71. The molecule has 6 nitrogen and oxygen atoms in total. The van der Waals surface area contributed by atoms with Gasteiger partial charge in [0.2, 0.25) is 0 Å². The van der Waals surface area contributed by atoms with E-state index in [0.29, 0.717) is 22.7 Å². The van der Waals surface area contributed by atoms with Crippen molar-refractivity contribution in [3.63, 3.8) is 0 Å². The second-order valence-corrected chi connectivity index (χ2v) is 6.40. The van der Waals surface area contributed by atoms with Crippen LogP contribution in [-0.2, 0) is 13.6 Å². The zero-order chi connectivity index (χ0) is 18.0. The smallest absolute Gasteiger partial charge is 0.164 e. The Labute approximate surface area is 154 Å². The maximum absolute atomic E-state index is 14.4. The Morgan fingerprint density at radius 1 is 1.24 bits per heavy atom. The molecule has 0 bridgehead atoms. The molecule has 3 aromatic rings. The average molecular weight is 407 g/mol. The molecule has 0 aliphatic rings. The van der Waals surface area contributed by atoms with E-state index in [9.17, 15) is 4.39 Å². The quantitative estimate of drug-likeness (QED) is 0.675. The number of hydrogen-bond acceptors (Lipinski definition) is 5. The van der Waals surface area contributed by atoms with E-state index < -0.39 is 0 Å². The number of nitrogens with one attached hydrogen (secondary N) is 1. The monoisotopic (exact) mass is 406 g/mol. The summed E-state index contributed by atoms with van der Waals surface area (Å²) in [4.78, 5) is 10.5. The summed E-state index contributed by atoms with van der Waals surface area (Å²) in [5.41, 5.74) is 2.21. The average Bonchev–Trinajstić information content (AvgIpc) is 2.90. The Bertz CT molecular complexity index is 890. The third-order valence-electron chi connectivity index (χ3n) is 4.15. The van der Waals surface area contributed by atoms with Crippen LogP contribution in [0.3, 0.4) is 0 Å². The molecule has 0 unspecified atom stereocenters. The molecule has 0 aliphatic heterocycles. The van der Waals surface area contributed by atoms with Gasteiger partial charge in [-0.3, -0.25) is 0 Å². The molecule has 0 aliphatic carbocycles. The highest BCUT2D eigenvalue weighted by molar-refractivity contribution is 9.10. The van der Waals surface area contributed by atoms with Crippen molar-refractivity contribution in [1.82, 2.24) is 19.7 Å². The van der Waals surface area contributed by atoms with E-state index in [-0.39, 0.29) is 5.82 Å². The summed E-state index contributed by atoms with van der Waals surface area (Å²) in [5, 5.41) is 8.35. The molecule has 0 radical (unpaired) electrons. The van der Waals surface area contributed by atoms with Gasteiger partial charge < -0.3 is 10.2 Å². The minimum absolute atomic E-state index is 0.210. The van der Waals surface area contributed by atoms with Crippen molar-refractivity contribution in [3.05, 3.63) is 40.5 Å². The number of halogens is 2. The van der Waals surface area contributed by atoms with Gasteiger partial charge in [0, 0.05) is 26.7 Å². The van der Waals surface area contributed by atoms with E-state index in [1.807, 2.05) is 37.9 Å². The zero-order valence-corrected chi connectivity index (χ0v) is 16.0. The summed E-state index contributed by atoms with van der Waals surface area (Å²) in [6.45, 7) is 6.05. The number of aromatic nitrogens is 4. The SMILES string of the molecule is CCN(CC)c1ccc(CNc2ncnc3c2c(Br)nn3C)cc1F. The molecule has 8 heteroatoms. The van der Waals surface area contributed by atoms with E-state index in [2.05, 4.69) is 36.3 Å². The molecule has 0 saturated carbocycles. The lowest BCUT2D eigenvalue weighted by atomic mass is 10.1. The van der Waals surface area contributed by atoms with Crippen molar-refractivity contribution in [2.45, 2.75) is 20.4 Å². The number of benzene rings is 1. The fraction of sp³-hybridized carbons (Fsp3) is 0.353. The molecule has 0 spiro atoms. The van der Waals surface area contributed by atoms with Gasteiger partial charge in [-0.2, -0.15) is 5.10 Å². The van der Waals surface area contributed by atoms with Gasteiger partial charge in [-0.1, -0.05) is 6.07 Å². The Morgan fingerprint density at radius 3 is 2.68 bits per heavy atom. The predicted octanol–water partition coefficient (Wildman–Crippen LogP) is 3.72. The fourth-order valence-electron chi connectivity index (χ4n) is 2.84. The number of nitrogens with zero attached hydrogens (tertiary/aromatic N) is 5. The summed E-state index contributed by atoms with van der Waals surface area (Å²) in [5.74, 6) is 0.455. The largest absolute Gasteiger partial charge is 0.370 e. The first-order valence-corrected chi connectivity index (χ1v) is 8.94. The van der Waals surface area contributed by atoms with Crippen LogP contribution in [0.1, 0.15) is 19.4 Å². The lowest BCUT2D eigenvalue weighted by Gasteiger charge is -2.22. The van der Waals surface area contributed by atoms with Gasteiger partial charge in [-0.05, 0) is 47.5 Å². The molecule has 0 fully saturated rings. The Hall–Kier alpha value is -2.22. The van der Waals surface area contributed by atoms with Gasteiger partial charge >= 0.3 is 0 Å². The van der Waals surface area contributed by atoms with Crippen LogP contribution in [0.5, 0.6) is 0 Å². The van der Waals surface area contributed by atoms with Gasteiger partial charge in [0.1, 0.15) is 22.6 Å². The minimum Gasteiger partial charge on any atom is -0.370 e. The second kappa shape index (κ2) is 7.35. The molecule has 132 valence electrons. The standard InChI is InChI=1S/C17H20BrFN6/c1-4-25(5-2)13-7-6-11(8-12(13)19)9-20-16-14-15(18)23-24(3)17(14)22-10-21-16/h6-8,10H,4-5,9H2,1-3H3,(H,20,21,22). The first kappa shape index (κ1) is 17.6. The van der Waals surface area contributed by atoms with Gasteiger partial charge in [-0.15, -0.1) is 0 Å². The van der Waals surface area contributed by atoms with E-state index >= 15 is 0 Å². The highest BCUT2D eigenvalue weighted by Crippen LogP contribution is 2.27. The Morgan fingerprint density at radius 2 is 2.00 bits per heavy atom. The highest BCUT2D eigenvalue weighted by atomic mass is 79.9. The van der Waals surface area contributed by atoms with Gasteiger partial charge in [-0.25, -0.2) is 19.0 Å². The van der Waals surface area contributed by atoms with Crippen LogP contribution < -0.4 is 10.2 Å². The topological polar surface area (TPSA) is 58.9 Å². The Kier molecular flexibility index (Phi) is 5.17. The van der Waals surface area contributed by atoms with Crippen LogP contribution in [0.25, 0.3) is 11.0 Å². The molecule has 1 aromatic carbocycles. The number of rotatable bonds is 6. The normalized spacial score (nSPS) is 11.1. The molecule has 0 amide bonds. The lowest BCUT2D eigenvalue weighted by molar-refractivity contribution is 0.618. The Balaban J connectivity index is 1.82. The number of aryl methyl sites for hydroxylation is 1. The van der Waals surface area contributed by atoms with Crippen LogP contribution in [0.15, 0.2) is 29.1 Å². The van der Waals surface area contributed by atoms with Crippen LogP contribution in [0.2, 0.25) is 0 Å².